The highest BCUT2D eigenvalue weighted by Gasteiger charge is 2.25. The molecule has 0 spiro atoms. The second-order valence-electron chi connectivity index (χ2n) is 7.17. The molecule has 0 bridgehead atoms. The van der Waals surface area contributed by atoms with Crippen molar-refractivity contribution in [1.29, 1.82) is 0 Å². The van der Waals surface area contributed by atoms with Gasteiger partial charge in [0.05, 0.1) is 6.54 Å². The Labute approximate surface area is 173 Å². The lowest BCUT2D eigenvalue weighted by atomic mass is 9.99. The van der Waals surface area contributed by atoms with Gasteiger partial charge in [-0.2, -0.15) is 0 Å². The van der Waals surface area contributed by atoms with E-state index in [1.54, 1.807) is 11.3 Å². The maximum absolute atomic E-state index is 12.4. The molecule has 0 aliphatic carbocycles. The van der Waals surface area contributed by atoms with Crippen LogP contribution in [0.5, 0.6) is 0 Å². The predicted octanol–water partition coefficient (Wildman–Crippen LogP) is 2.50. The number of rotatable bonds is 5. The lowest BCUT2D eigenvalue weighted by Gasteiger charge is -2.37. The Morgan fingerprint density at radius 1 is 1.15 bits per heavy atom. The zero-order valence-corrected chi connectivity index (χ0v) is 17.8. The summed E-state index contributed by atoms with van der Waals surface area (Å²) in [5, 5.41) is 12.3. The van der Waals surface area contributed by atoms with Crippen LogP contribution in [-0.2, 0) is 4.79 Å². The molecule has 1 atom stereocenters. The molecule has 3 heterocycles. The van der Waals surface area contributed by atoms with E-state index in [1.807, 2.05) is 22.4 Å². The predicted molar refractivity (Wildman–Crippen MR) is 112 cm³/mol. The minimum Gasteiger partial charge on any atom is -0.386 e. The Morgan fingerprint density at radius 2 is 1.77 bits per heavy atom. The molecule has 150 valence electrons. The third-order valence-corrected chi connectivity index (χ3v) is 6.24. The van der Waals surface area contributed by atoms with Gasteiger partial charge in [0, 0.05) is 50.7 Å². The summed E-state index contributed by atoms with van der Waals surface area (Å²) in [6.07, 6.45) is 1.88. The fraction of sp³-hybridized carbons (Fsp3) is 0.722. The topological polar surface area (TPSA) is 47.0 Å². The van der Waals surface area contributed by atoms with Gasteiger partial charge in [-0.15, -0.1) is 36.2 Å². The third kappa shape index (κ3) is 6.66. The number of β-amino-alcohol motifs (C(OH)–C–C–N with tert-alkyl or cyclic N) is 1. The van der Waals surface area contributed by atoms with E-state index < -0.39 is 6.10 Å². The highest BCUT2D eigenvalue weighted by Crippen LogP contribution is 2.20. The monoisotopic (exact) mass is 423 g/mol. The highest BCUT2D eigenvalue weighted by atomic mass is 35.5. The number of hydrogen-bond acceptors (Lipinski definition) is 5. The van der Waals surface area contributed by atoms with Crippen LogP contribution in [0.3, 0.4) is 0 Å². The molecule has 3 rings (SSSR count). The van der Waals surface area contributed by atoms with Gasteiger partial charge < -0.3 is 10.0 Å². The summed E-state index contributed by atoms with van der Waals surface area (Å²) in [5.74, 6) is 1.04. The maximum atomic E-state index is 12.4. The van der Waals surface area contributed by atoms with Crippen LogP contribution in [0, 0.1) is 5.92 Å². The summed E-state index contributed by atoms with van der Waals surface area (Å²) in [7, 11) is 0. The largest absolute Gasteiger partial charge is 0.386 e. The average Bonchev–Trinajstić information content (AvgIpc) is 3.12. The number of halogens is 2. The second-order valence-corrected chi connectivity index (χ2v) is 8.15. The van der Waals surface area contributed by atoms with Crippen LogP contribution >= 0.6 is 36.2 Å². The molecule has 26 heavy (non-hydrogen) atoms. The standard InChI is InChI=1S/C18H29N3O2S.2ClH/c1-15-4-6-21(7-5-15)18(23)14-20-10-8-19(9-11-20)13-16(22)17-3-2-12-24-17;;/h2-3,12,15-16,22H,4-11,13-14H2,1H3;2*1H. The van der Waals surface area contributed by atoms with Crippen molar-refractivity contribution in [1.82, 2.24) is 14.7 Å². The van der Waals surface area contributed by atoms with Gasteiger partial charge in [-0.1, -0.05) is 13.0 Å². The average molecular weight is 424 g/mol. The van der Waals surface area contributed by atoms with Gasteiger partial charge in [0.2, 0.25) is 5.91 Å². The minimum atomic E-state index is -0.395. The van der Waals surface area contributed by atoms with Crippen molar-refractivity contribution in [2.24, 2.45) is 5.92 Å². The number of aliphatic hydroxyl groups excluding tert-OH is 1. The normalized spacial score (nSPS) is 20.9. The molecule has 0 saturated carbocycles. The quantitative estimate of drug-likeness (QED) is 0.789. The number of likely N-dealkylation sites (tertiary alicyclic amines) is 1. The van der Waals surface area contributed by atoms with Crippen LogP contribution in [-0.4, -0.2) is 78.1 Å². The van der Waals surface area contributed by atoms with E-state index in [9.17, 15) is 9.90 Å². The molecule has 2 fully saturated rings. The number of carbonyl (C=O) groups is 1. The van der Waals surface area contributed by atoms with Crippen molar-refractivity contribution < 1.29 is 9.90 Å². The van der Waals surface area contributed by atoms with Crippen molar-refractivity contribution in [3.8, 4) is 0 Å². The first-order valence-corrected chi connectivity index (χ1v) is 9.93. The summed E-state index contributed by atoms with van der Waals surface area (Å²) in [6, 6.07) is 3.97. The van der Waals surface area contributed by atoms with E-state index in [1.165, 1.54) is 0 Å². The SMILES string of the molecule is CC1CCN(C(=O)CN2CCN(CC(O)c3cccs3)CC2)CC1.Cl.Cl. The van der Waals surface area contributed by atoms with Crippen LogP contribution in [0.2, 0.25) is 0 Å². The maximum Gasteiger partial charge on any atom is 0.236 e. The lowest BCUT2D eigenvalue weighted by Crippen LogP contribution is -2.51. The van der Waals surface area contributed by atoms with Crippen LogP contribution < -0.4 is 0 Å². The first-order chi connectivity index (χ1) is 11.6. The molecule has 1 amide bonds. The number of carbonyl (C=O) groups excluding carboxylic acids is 1. The molecule has 0 radical (unpaired) electrons. The number of aliphatic hydroxyl groups is 1. The Bertz CT molecular complexity index is 517. The van der Waals surface area contributed by atoms with Crippen molar-refractivity contribution in [2.45, 2.75) is 25.9 Å². The zero-order chi connectivity index (χ0) is 16.9. The van der Waals surface area contributed by atoms with Gasteiger partial charge in [-0.05, 0) is 30.2 Å². The first kappa shape index (κ1) is 23.7. The molecular weight excluding hydrogens is 393 g/mol. The zero-order valence-electron chi connectivity index (χ0n) is 15.4. The molecule has 2 saturated heterocycles. The number of amides is 1. The van der Waals surface area contributed by atoms with E-state index in [0.29, 0.717) is 13.1 Å². The van der Waals surface area contributed by atoms with Crippen molar-refractivity contribution in [3.05, 3.63) is 22.4 Å². The van der Waals surface area contributed by atoms with Gasteiger partial charge in [-0.3, -0.25) is 14.6 Å². The highest BCUT2D eigenvalue weighted by molar-refractivity contribution is 7.10. The van der Waals surface area contributed by atoms with E-state index in [4.69, 9.17) is 0 Å². The fourth-order valence-electron chi connectivity index (χ4n) is 3.49. The Hall–Kier alpha value is -0.370. The number of hydrogen-bond donors (Lipinski definition) is 1. The number of piperazine rings is 1. The summed E-state index contributed by atoms with van der Waals surface area (Å²) >= 11 is 1.61. The molecule has 1 unspecified atom stereocenters. The summed E-state index contributed by atoms with van der Waals surface area (Å²) in [5.41, 5.74) is 0. The molecule has 2 aliphatic rings. The third-order valence-electron chi connectivity index (χ3n) is 5.26. The van der Waals surface area contributed by atoms with Gasteiger partial charge in [0.25, 0.3) is 0 Å². The van der Waals surface area contributed by atoms with Crippen molar-refractivity contribution in [2.75, 3.05) is 52.4 Å². The van der Waals surface area contributed by atoms with Gasteiger partial charge in [0.15, 0.2) is 0 Å². The second kappa shape index (κ2) is 11.5. The molecular formula is C18H31Cl2N3O2S. The first-order valence-electron chi connectivity index (χ1n) is 9.06. The number of piperidine rings is 1. The summed E-state index contributed by atoms with van der Waals surface area (Å²) < 4.78 is 0. The van der Waals surface area contributed by atoms with Crippen molar-refractivity contribution in [3.63, 3.8) is 0 Å². The molecule has 5 nitrogen and oxygen atoms in total. The Morgan fingerprint density at radius 3 is 2.35 bits per heavy atom. The number of nitrogens with zero attached hydrogens (tertiary/aromatic N) is 3. The van der Waals surface area contributed by atoms with Crippen LogP contribution in [0.1, 0.15) is 30.7 Å². The summed E-state index contributed by atoms with van der Waals surface area (Å²) in [4.78, 5) is 20.0. The van der Waals surface area contributed by atoms with E-state index >= 15 is 0 Å². The molecule has 1 aromatic rings. The van der Waals surface area contributed by atoms with Crippen LogP contribution in [0.15, 0.2) is 17.5 Å². The van der Waals surface area contributed by atoms with Crippen molar-refractivity contribution >= 4 is 42.1 Å². The van der Waals surface area contributed by atoms with Gasteiger partial charge >= 0.3 is 0 Å². The van der Waals surface area contributed by atoms with E-state index in [-0.39, 0.29) is 30.7 Å². The smallest absolute Gasteiger partial charge is 0.236 e. The summed E-state index contributed by atoms with van der Waals surface area (Å²) in [6.45, 7) is 9.02. The molecule has 8 heteroatoms. The van der Waals surface area contributed by atoms with Gasteiger partial charge in [-0.25, -0.2) is 0 Å². The minimum absolute atomic E-state index is 0. The van der Waals surface area contributed by atoms with E-state index in [2.05, 4.69) is 16.7 Å². The molecule has 1 N–H and O–H groups in total. The lowest BCUT2D eigenvalue weighted by molar-refractivity contribution is -0.134. The number of thiophene rings is 1. The Balaban J connectivity index is 0.00000169. The van der Waals surface area contributed by atoms with Crippen LogP contribution in [0.4, 0.5) is 0 Å². The Kier molecular flexibility index (Phi) is 10.4. The molecule has 2 aliphatic heterocycles. The van der Waals surface area contributed by atoms with Crippen LogP contribution in [0.25, 0.3) is 0 Å². The van der Waals surface area contributed by atoms with E-state index in [0.717, 1.165) is 62.9 Å². The molecule has 1 aromatic heterocycles. The fourth-order valence-corrected chi connectivity index (χ4v) is 4.20. The molecule has 0 aromatic carbocycles. The van der Waals surface area contributed by atoms with Gasteiger partial charge in [0.1, 0.15) is 6.10 Å².